The Morgan fingerprint density at radius 2 is 1.47 bits per heavy atom. The second-order valence-electron chi connectivity index (χ2n) is 8.53. The molecule has 6 nitrogen and oxygen atoms in total. The summed E-state index contributed by atoms with van der Waals surface area (Å²) < 4.78 is 4.33. The van der Waals surface area contributed by atoms with Crippen LogP contribution in [0.1, 0.15) is 9.75 Å². The van der Waals surface area contributed by atoms with Gasteiger partial charge in [0.15, 0.2) is 0 Å². The molecule has 0 saturated heterocycles. The van der Waals surface area contributed by atoms with Gasteiger partial charge >= 0.3 is 0 Å². The monoisotopic (exact) mass is 482 g/mol. The molecule has 0 radical (unpaired) electrons. The van der Waals surface area contributed by atoms with E-state index in [9.17, 15) is 9.59 Å². The van der Waals surface area contributed by atoms with Crippen LogP contribution in [0.5, 0.6) is 0 Å². The summed E-state index contributed by atoms with van der Waals surface area (Å²) in [5, 5.41) is 10.2. The van der Waals surface area contributed by atoms with E-state index in [0.717, 1.165) is 20.3 Å². The fourth-order valence-corrected chi connectivity index (χ4v) is 6.71. The van der Waals surface area contributed by atoms with Crippen LogP contribution in [0.15, 0.2) is 71.3 Å². The normalized spacial score (nSPS) is 15.7. The molecule has 1 aromatic carbocycles. The van der Waals surface area contributed by atoms with Gasteiger partial charge in [-0.1, -0.05) is 6.07 Å². The van der Waals surface area contributed by atoms with E-state index in [4.69, 9.17) is 0 Å². The van der Waals surface area contributed by atoms with Crippen LogP contribution in [-0.2, 0) is 23.7 Å². The molecule has 2 N–H and O–H groups in total. The SMILES string of the molecule is Cn1ccc2cc3c(cc(-c4ccc(C5=C6C(=O)NC(c7cccs7)=C6C(=O)N5)s4)n3C)cc21. The van der Waals surface area contributed by atoms with Gasteiger partial charge in [0.25, 0.3) is 11.8 Å². The second kappa shape index (κ2) is 6.82. The lowest BCUT2D eigenvalue weighted by Gasteiger charge is -2.04. The highest BCUT2D eigenvalue weighted by molar-refractivity contribution is 7.16. The molecule has 2 aliphatic rings. The summed E-state index contributed by atoms with van der Waals surface area (Å²) in [7, 11) is 4.13. The number of aromatic nitrogens is 2. The highest BCUT2D eigenvalue weighted by atomic mass is 32.1. The molecule has 0 saturated carbocycles. The van der Waals surface area contributed by atoms with Gasteiger partial charge in [-0.25, -0.2) is 0 Å². The third-order valence-electron chi connectivity index (χ3n) is 6.60. The van der Waals surface area contributed by atoms with Gasteiger partial charge in [-0.05, 0) is 47.8 Å². The first-order valence-corrected chi connectivity index (χ1v) is 12.5. The molecule has 0 unspecified atom stereocenters. The van der Waals surface area contributed by atoms with Crippen molar-refractivity contribution in [3.8, 4) is 10.6 Å². The number of nitrogens with zero attached hydrogens (tertiary/aromatic N) is 2. The standard InChI is InChI=1S/C26H18N4O2S2/c1-29-8-7-13-10-16-14(11-15(13)29)12-17(30(16)2)18-5-6-20(34-18)24-22-21(25(31)28-24)23(27-26(22)32)19-4-3-9-33-19/h3-12H,1-2H3,(H,27,32)(H,28,31). The summed E-state index contributed by atoms with van der Waals surface area (Å²) in [5.74, 6) is -0.476. The molecule has 0 atom stereocenters. The number of rotatable bonds is 3. The van der Waals surface area contributed by atoms with Crippen molar-refractivity contribution in [3.05, 3.63) is 81.0 Å². The van der Waals surface area contributed by atoms with Crippen LogP contribution < -0.4 is 10.6 Å². The number of aryl methyl sites for hydroxylation is 2. The summed E-state index contributed by atoms with van der Waals surface area (Å²) >= 11 is 3.08. The Hall–Kier alpha value is -3.88. The molecular weight excluding hydrogens is 464 g/mol. The van der Waals surface area contributed by atoms with Crippen LogP contribution in [0.2, 0.25) is 0 Å². The van der Waals surface area contributed by atoms with Crippen LogP contribution in [0.3, 0.4) is 0 Å². The smallest absolute Gasteiger partial charge is 0.258 e. The lowest BCUT2D eigenvalue weighted by atomic mass is 10.1. The Kier molecular flexibility index (Phi) is 3.92. The Balaban J connectivity index is 1.34. The van der Waals surface area contributed by atoms with Crippen molar-refractivity contribution in [1.29, 1.82) is 0 Å². The lowest BCUT2D eigenvalue weighted by Crippen LogP contribution is -2.20. The van der Waals surface area contributed by atoms with E-state index in [0.29, 0.717) is 22.5 Å². The zero-order valence-electron chi connectivity index (χ0n) is 18.3. The number of hydrogen-bond acceptors (Lipinski definition) is 4. The van der Waals surface area contributed by atoms with Crippen LogP contribution in [0.25, 0.3) is 43.8 Å². The topological polar surface area (TPSA) is 68.1 Å². The van der Waals surface area contributed by atoms with E-state index in [-0.39, 0.29) is 11.8 Å². The number of hydrogen-bond donors (Lipinski definition) is 2. The predicted molar refractivity (Wildman–Crippen MR) is 137 cm³/mol. The average molecular weight is 483 g/mol. The lowest BCUT2D eigenvalue weighted by molar-refractivity contribution is -0.117. The Labute approximate surface area is 202 Å². The van der Waals surface area contributed by atoms with Gasteiger partial charge in [0.1, 0.15) is 0 Å². The largest absolute Gasteiger partial charge is 0.351 e. The molecule has 5 aromatic rings. The van der Waals surface area contributed by atoms with Crippen molar-refractivity contribution in [1.82, 2.24) is 19.8 Å². The molecule has 166 valence electrons. The van der Waals surface area contributed by atoms with Gasteiger partial charge in [-0.2, -0.15) is 0 Å². The number of carbonyl (C=O) groups excluding carboxylic acids is 2. The Morgan fingerprint density at radius 3 is 2.21 bits per heavy atom. The molecule has 2 amide bonds. The van der Waals surface area contributed by atoms with Crippen LogP contribution in [0, 0.1) is 0 Å². The minimum Gasteiger partial charge on any atom is -0.351 e. The van der Waals surface area contributed by atoms with Gasteiger partial charge < -0.3 is 19.8 Å². The van der Waals surface area contributed by atoms with Gasteiger partial charge in [-0.15, -0.1) is 22.7 Å². The molecule has 8 heteroatoms. The van der Waals surface area contributed by atoms with E-state index in [1.165, 1.54) is 33.1 Å². The summed E-state index contributed by atoms with van der Waals surface area (Å²) in [5.41, 5.74) is 5.53. The fourth-order valence-electron chi connectivity index (χ4n) is 4.92. The van der Waals surface area contributed by atoms with Crippen LogP contribution in [0.4, 0.5) is 0 Å². The predicted octanol–water partition coefficient (Wildman–Crippen LogP) is 4.84. The summed E-state index contributed by atoms with van der Waals surface area (Å²) in [4.78, 5) is 28.5. The molecular formula is C26H18N4O2S2. The highest BCUT2D eigenvalue weighted by Crippen LogP contribution is 2.42. The molecule has 4 aromatic heterocycles. The first-order valence-electron chi connectivity index (χ1n) is 10.8. The zero-order valence-corrected chi connectivity index (χ0v) is 19.9. The van der Waals surface area contributed by atoms with Gasteiger partial charge in [0.05, 0.1) is 42.9 Å². The number of amides is 2. The van der Waals surface area contributed by atoms with E-state index in [1.54, 1.807) is 11.3 Å². The van der Waals surface area contributed by atoms with Crippen molar-refractivity contribution in [3.63, 3.8) is 0 Å². The number of nitrogens with one attached hydrogen (secondary N) is 2. The highest BCUT2D eigenvalue weighted by Gasteiger charge is 2.41. The molecule has 0 aliphatic carbocycles. The molecule has 7 rings (SSSR count). The second-order valence-corrected chi connectivity index (χ2v) is 10.6. The van der Waals surface area contributed by atoms with Crippen LogP contribution in [-0.4, -0.2) is 20.9 Å². The van der Waals surface area contributed by atoms with Crippen molar-refractivity contribution in [2.24, 2.45) is 14.1 Å². The maximum absolute atomic E-state index is 12.9. The van der Waals surface area contributed by atoms with E-state index in [1.807, 2.05) is 23.6 Å². The number of thiophene rings is 2. The summed E-state index contributed by atoms with van der Waals surface area (Å²) in [6.45, 7) is 0. The first kappa shape index (κ1) is 19.6. The van der Waals surface area contributed by atoms with E-state index < -0.39 is 0 Å². The fraction of sp³-hybridized carbons (Fsp3) is 0.0769. The quantitative estimate of drug-likeness (QED) is 0.386. The summed E-state index contributed by atoms with van der Waals surface area (Å²) in [6, 6.07) is 16.6. The molecule has 0 bridgehead atoms. The van der Waals surface area contributed by atoms with Crippen molar-refractivity contribution >= 4 is 67.7 Å². The minimum absolute atomic E-state index is 0.238. The molecule has 0 spiro atoms. The summed E-state index contributed by atoms with van der Waals surface area (Å²) in [6.07, 6.45) is 2.08. The third-order valence-corrected chi connectivity index (χ3v) is 8.61. The van der Waals surface area contributed by atoms with Crippen molar-refractivity contribution in [2.75, 3.05) is 0 Å². The number of carbonyl (C=O) groups is 2. The minimum atomic E-state index is -0.238. The van der Waals surface area contributed by atoms with Crippen LogP contribution >= 0.6 is 22.7 Å². The van der Waals surface area contributed by atoms with Crippen molar-refractivity contribution < 1.29 is 9.59 Å². The van der Waals surface area contributed by atoms with E-state index >= 15 is 0 Å². The third kappa shape index (κ3) is 2.60. The van der Waals surface area contributed by atoms with Crippen molar-refractivity contribution in [2.45, 2.75) is 0 Å². The average Bonchev–Trinajstić information content (AvgIpc) is 3.64. The molecule has 6 heterocycles. The molecule has 2 aliphatic heterocycles. The van der Waals surface area contributed by atoms with Gasteiger partial charge in [-0.3, -0.25) is 9.59 Å². The van der Waals surface area contributed by atoms with E-state index in [2.05, 4.69) is 70.4 Å². The Bertz CT molecular complexity index is 1760. The van der Waals surface area contributed by atoms with Gasteiger partial charge in [0.2, 0.25) is 0 Å². The molecule has 34 heavy (non-hydrogen) atoms. The number of benzene rings is 1. The van der Waals surface area contributed by atoms with Gasteiger partial charge in [0, 0.05) is 42.1 Å². The maximum atomic E-state index is 12.9. The Morgan fingerprint density at radius 1 is 0.765 bits per heavy atom. The molecule has 0 fully saturated rings. The zero-order chi connectivity index (χ0) is 23.1. The maximum Gasteiger partial charge on any atom is 0.258 e. The first-order chi connectivity index (χ1) is 16.5. The number of fused-ring (bicyclic) bond motifs is 3.